The number of hydrogen-bond acceptors (Lipinski definition) is 4. The highest BCUT2D eigenvalue weighted by atomic mass is 35.5. The van der Waals surface area contributed by atoms with Crippen LogP contribution in [-0.2, 0) is 6.54 Å². The molecule has 2 aromatic carbocycles. The SMILES string of the molecule is CCCN(CC)c1c(C#N)c(NCc2ccc(Cl)cc2)nc2ccccc12. The minimum Gasteiger partial charge on any atom is -0.370 e. The van der Waals surface area contributed by atoms with Crippen molar-refractivity contribution in [1.82, 2.24) is 4.98 Å². The van der Waals surface area contributed by atoms with Crippen LogP contribution in [0.4, 0.5) is 11.5 Å². The Hall–Kier alpha value is -2.77. The molecule has 3 rings (SSSR count). The van der Waals surface area contributed by atoms with Gasteiger partial charge in [0.15, 0.2) is 0 Å². The molecule has 0 radical (unpaired) electrons. The molecule has 0 atom stereocenters. The second kappa shape index (κ2) is 8.75. The molecule has 5 heteroatoms. The lowest BCUT2D eigenvalue weighted by Gasteiger charge is -2.26. The molecule has 4 nitrogen and oxygen atoms in total. The fourth-order valence-corrected chi connectivity index (χ4v) is 3.37. The molecule has 0 saturated carbocycles. The van der Waals surface area contributed by atoms with Crippen LogP contribution in [0.25, 0.3) is 10.9 Å². The Labute approximate surface area is 165 Å². The minimum atomic E-state index is 0.580. The molecule has 0 unspecified atom stereocenters. The number of hydrogen-bond donors (Lipinski definition) is 1. The number of aromatic nitrogens is 1. The number of pyridine rings is 1. The van der Waals surface area contributed by atoms with Gasteiger partial charge in [0, 0.05) is 30.0 Å². The number of anilines is 2. The third-order valence-electron chi connectivity index (χ3n) is 4.54. The van der Waals surface area contributed by atoms with Crippen molar-refractivity contribution < 1.29 is 0 Å². The van der Waals surface area contributed by atoms with Gasteiger partial charge in [-0.15, -0.1) is 0 Å². The summed E-state index contributed by atoms with van der Waals surface area (Å²) in [5.41, 5.74) is 3.53. The maximum atomic E-state index is 9.93. The first-order valence-electron chi connectivity index (χ1n) is 9.24. The van der Waals surface area contributed by atoms with Crippen molar-refractivity contribution in [2.24, 2.45) is 0 Å². The third kappa shape index (κ3) is 4.15. The molecule has 138 valence electrons. The van der Waals surface area contributed by atoms with Gasteiger partial charge in [0.05, 0.1) is 11.2 Å². The van der Waals surface area contributed by atoms with Crippen molar-refractivity contribution in [2.45, 2.75) is 26.8 Å². The van der Waals surface area contributed by atoms with Crippen LogP contribution in [-0.4, -0.2) is 18.1 Å². The average molecular weight is 379 g/mol. The van der Waals surface area contributed by atoms with E-state index in [1.165, 1.54) is 0 Å². The first-order chi connectivity index (χ1) is 13.2. The summed E-state index contributed by atoms with van der Waals surface area (Å²) in [4.78, 5) is 6.99. The molecule has 0 saturated heterocycles. The minimum absolute atomic E-state index is 0.580. The Balaban J connectivity index is 2.06. The summed E-state index contributed by atoms with van der Waals surface area (Å²) in [6, 6.07) is 18.1. The standard InChI is InChI=1S/C22H23ClN4/c1-3-13-27(4-2)21-18-7-5-6-8-20(18)26-22(19(21)14-24)25-15-16-9-11-17(23)12-10-16/h5-12H,3-4,13,15H2,1-2H3,(H,25,26). The van der Waals surface area contributed by atoms with Gasteiger partial charge in [-0.2, -0.15) is 5.26 Å². The number of benzene rings is 2. The highest BCUT2D eigenvalue weighted by Crippen LogP contribution is 2.34. The molecule has 0 amide bonds. The van der Waals surface area contributed by atoms with E-state index in [-0.39, 0.29) is 0 Å². The second-order valence-corrected chi connectivity index (χ2v) is 6.81. The van der Waals surface area contributed by atoms with Crippen molar-refractivity contribution in [3.63, 3.8) is 0 Å². The van der Waals surface area contributed by atoms with Crippen LogP contribution in [0.3, 0.4) is 0 Å². The predicted molar refractivity (Wildman–Crippen MR) is 113 cm³/mol. The predicted octanol–water partition coefficient (Wildman–Crippen LogP) is 5.61. The topological polar surface area (TPSA) is 52.0 Å². The Morgan fingerprint density at radius 3 is 2.52 bits per heavy atom. The molecule has 1 N–H and O–H groups in total. The van der Waals surface area contributed by atoms with Crippen molar-refractivity contribution in [1.29, 1.82) is 5.26 Å². The van der Waals surface area contributed by atoms with Gasteiger partial charge in [-0.25, -0.2) is 4.98 Å². The van der Waals surface area contributed by atoms with Crippen molar-refractivity contribution >= 4 is 34.0 Å². The quantitative estimate of drug-likeness (QED) is 0.580. The van der Waals surface area contributed by atoms with Gasteiger partial charge >= 0.3 is 0 Å². The summed E-state index contributed by atoms with van der Waals surface area (Å²) in [6.07, 6.45) is 1.02. The molecule has 0 aliphatic carbocycles. The number of nitrogens with zero attached hydrogens (tertiary/aromatic N) is 3. The van der Waals surface area contributed by atoms with Gasteiger partial charge in [0.1, 0.15) is 17.5 Å². The van der Waals surface area contributed by atoms with E-state index in [9.17, 15) is 5.26 Å². The Morgan fingerprint density at radius 1 is 1.11 bits per heavy atom. The van der Waals surface area contributed by atoms with Crippen LogP contribution < -0.4 is 10.2 Å². The van der Waals surface area contributed by atoms with E-state index in [0.717, 1.165) is 41.7 Å². The first kappa shape index (κ1) is 19.0. The van der Waals surface area contributed by atoms with Crippen molar-refractivity contribution in [3.05, 3.63) is 64.7 Å². The molecular formula is C22H23ClN4. The molecule has 3 aromatic rings. The van der Waals surface area contributed by atoms with Gasteiger partial charge in [0.2, 0.25) is 0 Å². The lowest BCUT2D eigenvalue weighted by Crippen LogP contribution is -2.25. The lowest BCUT2D eigenvalue weighted by molar-refractivity contribution is 0.793. The summed E-state index contributed by atoms with van der Waals surface area (Å²) >= 11 is 5.96. The van der Waals surface area contributed by atoms with Crippen molar-refractivity contribution in [3.8, 4) is 6.07 Å². The normalized spacial score (nSPS) is 10.6. The number of para-hydroxylation sites is 1. The fraction of sp³-hybridized carbons (Fsp3) is 0.273. The molecule has 1 aromatic heterocycles. The summed E-state index contributed by atoms with van der Waals surface area (Å²) < 4.78 is 0. The Kier molecular flexibility index (Phi) is 6.16. The van der Waals surface area contributed by atoms with Gasteiger partial charge < -0.3 is 10.2 Å². The molecule has 0 bridgehead atoms. The van der Waals surface area contributed by atoms with E-state index in [1.807, 2.05) is 48.5 Å². The fourth-order valence-electron chi connectivity index (χ4n) is 3.24. The lowest BCUT2D eigenvalue weighted by atomic mass is 10.1. The molecule has 0 aliphatic heterocycles. The molecule has 27 heavy (non-hydrogen) atoms. The van der Waals surface area contributed by atoms with Crippen LogP contribution in [0, 0.1) is 11.3 Å². The van der Waals surface area contributed by atoms with E-state index in [4.69, 9.17) is 16.6 Å². The monoisotopic (exact) mass is 378 g/mol. The maximum Gasteiger partial charge on any atom is 0.147 e. The zero-order valence-corrected chi connectivity index (χ0v) is 16.4. The number of nitrogens with one attached hydrogen (secondary N) is 1. The van der Waals surface area contributed by atoms with E-state index >= 15 is 0 Å². The zero-order chi connectivity index (χ0) is 19.2. The van der Waals surface area contributed by atoms with E-state index < -0.39 is 0 Å². The summed E-state index contributed by atoms with van der Waals surface area (Å²) in [7, 11) is 0. The number of fused-ring (bicyclic) bond motifs is 1. The van der Waals surface area contributed by atoms with Crippen LogP contribution in [0.2, 0.25) is 5.02 Å². The molecule has 0 spiro atoms. The zero-order valence-electron chi connectivity index (χ0n) is 15.7. The number of rotatable bonds is 7. The van der Waals surface area contributed by atoms with Crippen LogP contribution in [0.15, 0.2) is 48.5 Å². The summed E-state index contributed by atoms with van der Waals surface area (Å²) in [5, 5.41) is 15.0. The third-order valence-corrected chi connectivity index (χ3v) is 4.79. The van der Waals surface area contributed by atoms with Crippen LogP contribution in [0.5, 0.6) is 0 Å². The molecule has 1 heterocycles. The highest BCUT2D eigenvalue weighted by molar-refractivity contribution is 6.30. The molecular weight excluding hydrogens is 356 g/mol. The average Bonchev–Trinajstić information content (AvgIpc) is 2.70. The maximum absolute atomic E-state index is 9.93. The van der Waals surface area contributed by atoms with Crippen LogP contribution in [0.1, 0.15) is 31.4 Å². The Bertz CT molecular complexity index is 960. The van der Waals surface area contributed by atoms with Crippen molar-refractivity contribution in [2.75, 3.05) is 23.3 Å². The largest absolute Gasteiger partial charge is 0.370 e. The van der Waals surface area contributed by atoms with E-state index in [1.54, 1.807) is 0 Å². The van der Waals surface area contributed by atoms with E-state index in [0.29, 0.717) is 22.9 Å². The smallest absolute Gasteiger partial charge is 0.147 e. The van der Waals surface area contributed by atoms with Gasteiger partial charge in [0.25, 0.3) is 0 Å². The summed E-state index contributed by atoms with van der Waals surface area (Å²) in [6.45, 7) is 6.59. The second-order valence-electron chi connectivity index (χ2n) is 6.37. The Morgan fingerprint density at radius 2 is 1.85 bits per heavy atom. The molecule has 0 fully saturated rings. The van der Waals surface area contributed by atoms with Gasteiger partial charge in [-0.1, -0.05) is 48.9 Å². The molecule has 0 aliphatic rings. The van der Waals surface area contributed by atoms with Gasteiger partial charge in [-0.3, -0.25) is 0 Å². The van der Waals surface area contributed by atoms with Crippen LogP contribution >= 0.6 is 11.6 Å². The number of nitriles is 1. The first-order valence-corrected chi connectivity index (χ1v) is 9.61. The highest BCUT2D eigenvalue weighted by Gasteiger charge is 2.19. The summed E-state index contributed by atoms with van der Waals surface area (Å²) in [5.74, 6) is 0.621. The number of halogens is 1. The van der Waals surface area contributed by atoms with Gasteiger partial charge in [-0.05, 0) is 37.1 Å². The van der Waals surface area contributed by atoms with E-state index in [2.05, 4.69) is 30.1 Å².